The summed E-state index contributed by atoms with van der Waals surface area (Å²) in [5.41, 5.74) is 4.32. The third-order valence-electron chi connectivity index (χ3n) is 8.91. The second-order valence-corrected chi connectivity index (χ2v) is 12.5. The number of nitrogens with zero attached hydrogens (tertiary/aromatic N) is 6. The van der Waals surface area contributed by atoms with E-state index in [1.54, 1.807) is 34.5 Å². The second-order valence-electron chi connectivity index (χ2n) is 12.5. The van der Waals surface area contributed by atoms with E-state index in [2.05, 4.69) is 27.0 Å². The lowest BCUT2D eigenvalue weighted by atomic mass is 10.0. The Kier molecular flexibility index (Phi) is 8.18. The van der Waals surface area contributed by atoms with E-state index in [0.717, 1.165) is 28.5 Å². The molecule has 1 fully saturated rings. The lowest BCUT2D eigenvalue weighted by Crippen LogP contribution is -2.48. The molecule has 1 aliphatic rings. The maximum absolute atomic E-state index is 14.1. The first-order valence-electron chi connectivity index (χ1n) is 15.4. The molecule has 1 aliphatic heterocycles. The molecule has 10 nitrogen and oxygen atoms in total. The number of benzene rings is 1. The lowest BCUT2D eigenvalue weighted by molar-refractivity contribution is -0.141. The minimum Gasteiger partial charge on any atom is -0.337 e. The summed E-state index contributed by atoms with van der Waals surface area (Å²) in [6, 6.07) is 6.33. The average molecular weight is 658 g/mol. The molecule has 2 amide bonds. The average Bonchev–Trinajstić information content (AvgIpc) is 3.69. The Bertz CT molecular complexity index is 2130. The number of nitrogens with one attached hydrogen (secondary N) is 1. The van der Waals surface area contributed by atoms with Crippen LogP contribution in [0.4, 0.5) is 19.0 Å². The molecule has 248 valence electrons. The Morgan fingerprint density at radius 3 is 2.50 bits per heavy atom. The van der Waals surface area contributed by atoms with Gasteiger partial charge in [0.25, 0.3) is 0 Å². The number of rotatable bonds is 7. The highest BCUT2D eigenvalue weighted by Crippen LogP contribution is 2.35. The molecule has 0 radical (unpaired) electrons. The molecule has 0 bridgehead atoms. The Hall–Kier alpha value is -5.33. The van der Waals surface area contributed by atoms with Crippen molar-refractivity contribution in [3.05, 3.63) is 89.7 Å². The quantitative estimate of drug-likeness (QED) is 0.162. The third-order valence-corrected chi connectivity index (χ3v) is 8.91. The van der Waals surface area contributed by atoms with Gasteiger partial charge in [0.05, 0.1) is 17.3 Å². The molecule has 0 unspecified atom stereocenters. The number of Topliss-reactive ketones (excluding diaryl/α,β-unsaturated/α-hetero) is 1. The number of ketones is 1. The van der Waals surface area contributed by atoms with E-state index in [0.29, 0.717) is 27.7 Å². The Morgan fingerprint density at radius 2 is 1.81 bits per heavy atom. The first-order chi connectivity index (χ1) is 22.7. The molecule has 4 aromatic heterocycles. The lowest BCUT2D eigenvalue weighted by Gasteiger charge is -2.29. The summed E-state index contributed by atoms with van der Waals surface area (Å²) in [6.07, 6.45) is 2.45. The molecule has 1 N–H and O–H groups in total. The minimum atomic E-state index is -4.69. The van der Waals surface area contributed by atoms with E-state index in [1.165, 1.54) is 17.9 Å². The number of hydrogen-bond acceptors (Lipinski definition) is 6. The zero-order valence-electron chi connectivity index (χ0n) is 27.1. The van der Waals surface area contributed by atoms with Crippen LogP contribution in [0.25, 0.3) is 27.7 Å². The van der Waals surface area contributed by atoms with E-state index in [4.69, 9.17) is 0 Å². The molecular weight excluding hydrogens is 623 g/mol. The van der Waals surface area contributed by atoms with Crippen LogP contribution in [0.1, 0.15) is 53.1 Å². The standard InChI is InChI=1S/C35H34F3N7O3/c1-7-27-19(3)11-28(34(48)41-33-18(2)8-9-29(40-33)35(36,37)38)45(27)31(47)17-43-16-26(22(6)46)25-13-23(10-20(4)32(25)43)24-14-39-30-12-21(5)42-44(30)15-24/h7-10,12-16,19,27-28H,1,11,17H2,2-6H3,(H,40,41,48)/t19-,27+,28-/m0/s1. The molecule has 1 aromatic carbocycles. The van der Waals surface area contributed by atoms with E-state index in [9.17, 15) is 27.6 Å². The van der Waals surface area contributed by atoms with Gasteiger partial charge in [-0.15, -0.1) is 6.58 Å². The number of alkyl halides is 3. The number of carbonyl (C=O) groups excluding carboxylic acids is 3. The normalized spacial score (nSPS) is 18.1. The van der Waals surface area contributed by atoms with E-state index >= 15 is 0 Å². The van der Waals surface area contributed by atoms with Crippen molar-refractivity contribution < 1.29 is 27.6 Å². The Labute approximate surface area is 274 Å². The fraction of sp³-hybridized carbons (Fsp3) is 0.314. The Morgan fingerprint density at radius 1 is 1.06 bits per heavy atom. The summed E-state index contributed by atoms with van der Waals surface area (Å²) in [4.78, 5) is 50.1. The van der Waals surface area contributed by atoms with E-state index < -0.39 is 35.8 Å². The van der Waals surface area contributed by atoms with Crippen molar-refractivity contribution in [3.8, 4) is 11.1 Å². The fourth-order valence-corrected chi connectivity index (χ4v) is 6.62. The van der Waals surface area contributed by atoms with Gasteiger partial charge in [-0.2, -0.15) is 18.3 Å². The predicted octanol–water partition coefficient (Wildman–Crippen LogP) is 6.32. The number of carbonyl (C=O) groups is 3. The minimum absolute atomic E-state index is 0.152. The predicted molar refractivity (Wildman–Crippen MR) is 174 cm³/mol. The number of aryl methyl sites for hydroxylation is 3. The van der Waals surface area contributed by atoms with Crippen molar-refractivity contribution >= 4 is 40.0 Å². The van der Waals surface area contributed by atoms with Crippen LogP contribution in [-0.4, -0.2) is 58.7 Å². The summed E-state index contributed by atoms with van der Waals surface area (Å²) in [5.74, 6) is -1.60. The van der Waals surface area contributed by atoms with Gasteiger partial charge in [0.15, 0.2) is 11.4 Å². The van der Waals surface area contributed by atoms with Crippen molar-refractivity contribution in [2.75, 3.05) is 5.32 Å². The fourth-order valence-electron chi connectivity index (χ4n) is 6.62. The summed E-state index contributed by atoms with van der Waals surface area (Å²) < 4.78 is 43.5. The molecule has 3 atom stereocenters. The zero-order chi connectivity index (χ0) is 34.7. The number of aromatic nitrogens is 5. The first kappa shape index (κ1) is 32.6. The van der Waals surface area contributed by atoms with Crippen molar-refractivity contribution in [1.29, 1.82) is 0 Å². The monoisotopic (exact) mass is 657 g/mol. The highest BCUT2D eigenvalue weighted by atomic mass is 19.4. The van der Waals surface area contributed by atoms with Crippen molar-refractivity contribution in [2.24, 2.45) is 5.92 Å². The summed E-state index contributed by atoms with van der Waals surface area (Å²) in [7, 11) is 0. The van der Waals surface area contributed by atoms with Crippen LogP contribution in [0.5, 0.6) is 0 Å². The van der Waals surface area contributed by atoms with Gasteiger partial charge in [0.1, 0.15) is 24.1 Å². The molecule has 5 heterocycles. The van der Waals surface area contributed by atoms with Gasteiger partial charge >= 0.3 is 6.18 Å². The molecule has 0 aliphatic carbocycles. The SMILES string of the molecule is C=C[C@@H]1[C@@H](C)C[C@@H](C(=O)Nc2nc(C(F)(F)F)ccc2C)N1C(=O)Cn1cc(C(C)=O)c2cc(-c3cnc4cc(C)nn4c3)cc(C)c21. The van der Waals surface area contributed by atoms with Gasteiger partial charge in [-0.1, -0.05) is 19.1 Å². The Balaban J connectivity index is 1.33. The summed E-state index contributed by atoms with van der Waals surface area (Å²) in [5, 5.41) is 7.65. The molecule has 13 heteroatoms. The molecule has 5 aromatic rings. The molecular formula is C35H34F3N7O3. The van der Waals surface area contributed by atoms with Crippen molar-refractivity contribution in [3.63, 3.8) is 0 Å². The largest absolute Gasteiger partial charge is 0.433 e. The van der Waals surface area contributed by atoms with Crippen molar-refractivity contribution in [2.45, 2.75) is 65.8 Å². The molecule has 0 saturated carbocycles. The van der Waals surface area contributed by atoms with Crippen LogP contribution < -0.4 is 5.32 Å². The first-order valence-corrected chi connectivity index (χ1v) is 15.4. The third kappa shape index (κ3) is 5.84. The van der Waals surface area contributed by atoms with Gasteiger partial charge in [-0.05, 0) is 74.9 Å². The van der Waals surface area contributed by atoms with Crippen LogP contribution in [0, 0.1) is 26.7 Å². The maximum Gasteiger partial charge on any atom is 0.433 e. The van der Waals surface area contributed by atoms with Gasteiger partial charge in [-0.3, -0.25) is 14.4 Å². The van der Waals surface area contributed by atoms with Gasteiger partial charge in [0.2, 0.25) is 11.8 Å². The highest BCUT2D eigenvalue weighted by molar-refractivity contribution is 6.09. The number of likely N-dealkylation sites (tertiary alicyclic amines) is 1. The van der Waals surface area contributed by atoms with Gasteiger partial charge in [-0.25, -0.2) is 14.5 Å². The molecule has 1 saturated heterocycles. The van der Waals surface area contributed by atoms with Crippen LogP contribution >= 0.6 is 0 Å². The van der Waals surface area contributed by atoms with Gasteiger partial charge < -0.3 is 14.8 Å². The van der Waals surface area contributed by atoms with Crippen LogP contribution in [0.3, 0.4) is 0 Å². The molecule has 0 spiro atoms. The van der Waals surface area contributed by atoms with E-state index in [1.807, 2.05) is 45.2 Å². The number of hydrogen-bond donors (Lipinski definition) is 1. The smallest absolute Gasteiger partial charge is 0.337 e. The summed E-state index contributed by atoms with van der Waals surface area (Å²) >= 11 is 0. The van der Waals surface area contributed by atoms with Crippen LogP contribution in [0.2, 0.25) is 0 Å². The van der Waals surface area contributed by atoms with Crippen LogP contribution in [0.15, 0.2) is 61.6 Å². The van der Waals surface area contributed by atoms with E-state index in [-0.39, 0.29) is 30.5 Å². The second kappa shape index (κ2) is 12.0. The zero-order valence-corrected chi connectivity index (χ0v) is 27.1. The molecule has 48 heavy (non-hydrogen) atoms. The number of pyridine rings is 1. The number of halogens is 3. The number of fused-ring (bicyclic) bond motifs is 2. The summed E-state index contributed by atoms with van der Waals surface area (Å²) in [6.45, 7) is 12.4. The number of amides is 2. The number of anilines is 1. The van der Waals surface area contributed by atoms with Gasteiger partial charge in [0, 0.05) is 41.2 Å². The maximum atomic E-state index is 14.1. The molecule has 6 rings (SSSR count). The highest BCUT2D eigenvalue weighted by Gasteiger charge is 2.44. The van der Waals surface area contributed by atoms with Crippen LogP contribution in [-0.2, 0) is 22.3 Å². The van der Waals surface area contributed by atoms with Crippen molar-refractivity contribution in [1.82, 2.24) is 29.0 Å². The topological polar surface area (TPSA) is 114 Å².